The van der Waals surface area contributed by atoms with Gasteiger partial charge in [0.25, 0.3) is 5.69 Å². The molecule has 1 aromatic carbocycles. The monoisotopic (exact) mass is 448 g/mol. The molecule has 1 atom stereocenters. The highest BCUT2D eigenvalue weighted by Crippen LogP contribution is 2.26. The number of anilines is 3. The minimum atomic E-state index is -0.392. The zero-order valence-corrected chi connectivity index (χ0v) is 18.9. The van der Waals surface area contributed by atoms with Crippen molar-refractivity contribution in [1.82, 2.24) is 15.3 Å². The SMILES string of the molecule is CCCCc1cc(N2CCC(NC(C)=O)C2)nc(Nc2ccc(C)c([N+](=O)[O-])c2)n1.Cl. The summed E-state index contributed by atoms with van der Waals surface area (Å²) in [5, 5.41) is 17.3. The lowest BCUT2D eigenvalue weighted by Crippen LogP contribution is -2.35. The van der Waals surface area contributed by atoms with E-state index in [4.69, 9.17) is 0 Å². The predicted octanol–water partition coefficient (Wildman–Crippen LogP) is 3.92. The van der Waals surface area contributed by atoms with E-state index in [1.54, 1.807) is 19.1 Å². The molecule has 10 heteroatoms. The second-order valence-electron chi connectivity index (χ2n) is 7.66. The zero-order valence-electron chi connectivity index (χ0n) is 18.1. The maximum atomic E-state index is 11.4. The fourth-order valence-electron chi connectivity index (χ4n) is 3.57. The third-order valence-electron chi connectivity index (χ3n) is 5.13. The van der Waals surface area contributed by atoms with E-state index < -0.39 is 4.92 Å². The summed E-state index contributed by atoms with van der Waals surface area (Å²) in [5.41, 5.74) is 2.15. The van der Waals surface area contributed by atoms with Crippen LogP contribution in [0.4, 0.5) is 23.1 Å². The van der Waals surface area contributed by atoms with Gasteiger partial charge in [-0.15, -0.1) is 12.4 Å². The summed E-state index contributed by atoms with van der Waals surface area (Å²) in [6.45, 7) is 6.86. The van der Waals surface area contributed by atoms with Gasteiger partial charge >= 0.3 is 0 Å². The van der Waals surface area contributed by atoms with Crippen LogP contribution in [-0.4, -0.2) is 39.9 Å². The normalized spacial score (nSPS) is 15.3. The Morgan fingerprint density at radius 1 is 1.32 bits per heavy atom. The van der Waals surface area contributed by atoms with Crippen LogP contribution in [0.3, 0.4) is 0 Å². The molecule has 1 saturated heterocycles. The summed E-state index contributed by atoms with van der Waals surface area (Å²) < 4.78 is 0. The molecule has 1 aliphatic heterocycles. The lowest BCUT2D eigenvalue weighted by molar-refractivity contribution is -0.385. The van der Waals surface area contributed by atoms with Gasteiger partial charge < -0.3 is 15.5 Å². The first kappa shape index (κ1) is 24.3. The number of nitro benzene ring substituents is 1. The number of rotatable bonds is 8. The summed E-state index contributed by atoms with van der Waals surface area (Å²) in [6.07, 6.45) is 3.76. The van der Waals surface area contributed by atoms with Crippen molar-refractivity contribution < 1.29 is 9.72 Å². The van der Waals surface area contributed by atoms with Gasteiger partial charge in [-0.2, -0.15) is 4.98 Å². The van der Waals surface area contributed by atoms with Crippen molar-refractivity contribution in [3.8, 4) is 0 Å². The van der Waals surface area contributed by atoms with E-state index in [1.165, 1.54) is 13.0 Å². The minimum absolute atomic E-state index is 0. The van der Waals surface area contributed by atoms with Gasteiger partial charge in [-0.3, -0.25) is 14.9 Å². The van der Waals surface area contributed by atoms with Crippen LogP contribution in [0, 0.1) is 17.0 Å². The van der Waals surface area contributed by atoms with Crippen LogP contribution in [0.15, 0.2) is 24.3 Å². The van der Waals surface area contributed by atoms with E-state index in [0.717, 1.165) is 43.7 Å². The van der Waals surface area contributed by atoms with Crippen molar-refractivity contribution >= 4 is 41.5 Å². The summed E-state index contributed by atoms with van der Waals surface area (Å²) in [6, 6.07) is 7.09. The van der Waals surface area contributed by atoms with E-state index in [9.17, 15) is 14.9 Å². The van der Waals surface area contributed by atoms with Crippen molar-refractivity contribution in [2.24, 2.45) is 0 Å². The van der Waals surface area contributed by atoms with E-state index in [0.29, 0.717) is 23.7 Å². The molecule has 1 unspecified atom stereocenters. The Morgan fingerprint density at radius 3 is 2.77 bits per heavy atom. The molecule has 0 radical (unpaired) electrons. The number of hydrogen-bond acceptors (Lipinski definition) is 7. The first-order valence-corrected chi connectivity index (χ1v) is 10.3. The molecular weight excluding hydrogens is 420 g/mol. The van der Waals surface area contributed by atoms with Crippen molar-refractivity contribution in [2.45, 2.75) is 52.5 Å². The second kappa shape index (κ2) is 10.9. The Morgan fingerprint density at radius 2 is 2.10 bits per heavy atom. The lowest BCUT2D eigenvalue weighted by Gasteiger charge is -2.19. The molecule has 0 bridgehead atoms. The van der Waals surface area contributed by atoms with Crippen LogP contribution in [-0.2, 0) is 11.2 Å². The largest absolute Gasteiger partial charge is 0.354 e. The molecule has 31 heavy (non-hydrogen) atoms. The van der Waals surface area contributed by atoms with E-state index in [-0.39, 0.29) is 30.0 Å². The molecular formula is C21H29ClN6O3. The predicted molar refractivity (Wildman–Crippen MR) is 123 cm³/mol. The number of halogens is 1. The van der Waals surface area contributed by atoms with Crippen molar-refractivity contribution in [3.05, 3.63) is 45.6 Å². The number of carbonyl (C=O) groups is 1. The van der Waals surface area contributed by atoms with Crippen molar-refractivity contribution in [2.75, 3.05) is 23.3 Å². The Labute approximate surface area is 188 Å². The summed E-state index contributed by atoms with van der Waals surface area (Å²) in [5.74, 6) is 1.18. The fourth-order valence-corrected chi connectivity index (χ4v) is 3.57. The number of aromatic nitrogens is 2. The van der Waals surface area contributed by atoms with Crippen LogP contribution in [0.25, 0.3) is 0 Å². The molecule has 1 amide bonds. The average molecular weight is 449 g/mol. The quantitative estimate of drug-likeness (QED) is 0.464. The van der Waals surface area contributed by atoms with Gasteiger partial charge in [0.15, 0.2) is 0 Å². The lowest BCUT2D eigenvalue weighted by atomic mass is 10.2. The second-order valence-corrected chi connectivity index (χ2v) is 7.66. The number of aryl methyl sites for hydroxylation is 2. The number of carbonyl (C=O) groups excluding carboxylic acids is 1. The third kappa shape index (κ3) is 6.52. The molecule has 2 heterocycles. The molecule has 2 N–H and O–H groups in total. The summed E-state index contributed by atoms with van der Waals surface area (Å²) >= 11 is 0. The Hall–Kier alpha value is -2.94. The first-order chi connectivity index (χ1) is 14.4. The van der Waals surface area contributed by atoms with Crippen molar-refractivity contribution in [1.29, 1.82) is 0 Å². The van der Waals surface area contributed by atoms with Gasteiger partial charge in [-0.25, -0.2) is 4.98 Å². The van der Waals surface area contributed by atoms with Crippen LogP contribution in [0.5, 0.6) is 0 Å². The molecule has 1 fully saturated rings. The molecule has 0 spiro atoms. The number of unbranched alkanes of at least 4 members (excludes halogenated alkanes) is 1. The Balaban J connectivity index is 0.00000341. The molecule has 1 aliphatic rings. The third-order valence-corrected chi connectivity index (χ3v) is 5.13. The first-order valence-electron chi connectivity index (χ1n) is 10.3. The van der Waals surface area contributed by atoms with E-state index >= 15 is 0 Å². The number of benzene rings is 1. The molecule has 168 valence electrons. The number of amides is 1. The van der Waals surface area contributed by atoms with Gasteiger partial charge in [0.05, 0.1) is 4.92 Å². The smallest absolute Gasteiger partial charge is 0.274 e. The molecule has 1 aromatic heterocycles. The summed E-state index contributed by atoms with van der Waals surface area (Å²) in [4.78, 5) is 33.6. The zero-order chi connectivity index (χ0) is 21.7. The molecule has 0 saturated carbocycles. The van der Waals surface area contributed by atoms with Crippen molar-refractivity contribution in [3.63, 3.8) is 0 Å². The van der Waals surface area contributed by atoms with Gasteiger partial charge in [0.2, 0.25) is 11.9 Å². The maximum Gasteiger partial charge on any atom is 0.274 e. The summed E-state index contributed by atoms with van der Waals surface area (Å²) in [7, 11) is 0. The van der Waals surface area contributed by atoms with Gasteiger partial charge in [0.1, 0.15) is 5.82 Å². The van der Waals surface area contributed by atoms with E-state index in [1.807, 2.05) is 6.07 Å². The molecule has 0 aliphatic carbocycles. The standard InChI is InChI=1S/C21H28N6O3.ClH/c1-4-5-6-16-12-20(26-10-9-18(13-26)22-15(3)28)25-21(23-16)24-17-8-7-14(2)19(11-17)27(29)30;/h7-8,11-12,18H,4-6,9-10,13H2,1-3H3,(H,22,28)(H,23,24,25);1H. The number of nitrogens with one attached hydrogen (secondary N) is 2. The highest BCUT2D eigenvalue weighted by Gasteiger charge is 2.25. The van der Waals surface area contributed by atoms with Gasteiger partial charge in [-0.1, -0.05) is 19.4 Å². The minimum Gasteiger partial charge on any atom is -0.354 e. The topological polar surface area (TPSA) is 113 Å². The van der Waals surface area contributed by atoms with Crippen LogP contribution in [0.2, 0.25) is 0 Å². The fraction of sp³-hybridized carbons (Fsp3) is 0.476. The average Bonchev–Trinajstić information content (AvgIpc) is 3.15. The van der Waals surface area contributed by atoms with Crippen LogP contribution < -0.4 is 15.5 Å². The molecule has 2 aromatic rings. The van der Waals surface area contributed by atoms with E-state index in [2.05, 4.69) is 32.4 Å². The molecule has 9 nitrogen and oxygen atoms in total. The number of hydrogen-bond donors (Lipinski definition) is 2. The number of nitro groups is 1. The Kier molecular flexibility index (Phi) is 8.56. The van der Waals surface area contributed by atoms with Crippen LogP contribution >= 0.6 is 12.4 Å². The molecule has 3 rings (SSSR count). The highest BCUT2D eigenvalue weighted by molar-refractivity contribution is 5.85. The highest BCUT2D eigenvalue weighted by atomic mass is 35.5. The van der Waals surface area contributed by atoms with Gasteiger partial charge in [-0.05, 0) is 32.3 Å². The Bertz CT molecular complexity index is 939. The van der Waals surface area contributed by atoms with Gasteiger partial charge in [0, 0.05) is 55.1 Å². The maximum absolute atomic E-state index is 11.4. The number of nitrogens with zero attached hydrogens (tertiary/aromatic N) is 4. The van der Waals surface area contributed by atoms with Crippen LogP contribution in [0.1, 0.15) is 44.4 Å².